The second-order valence-electron chi connectivity index (χ2n) is 8.01. The highest BCUT2D eigenvalue weighted by Crippen LogP contribution is 2.37. The Morgan fingerprint density at radius 1 is 1.00 bits per heavy atom. The lowest BCUT2D eigenvalue weighted by atomic mass is 9.94. The van der Waals surface area contributed by atoms with Crippen LogP contribution >= 0.6 is 0 Å². The van der Waals surface area contributed by atoms with Crippen LogP contribution in [0.2, 0.25) is 0 Å². The Hall–Kier alpha value is -3.29. The lowest BCUT2D eigenvalue weighted by molar-refractivity contribution is -0.359. The molecule has 1 saturated heterocycles. The Labute approximate surface area is 184 Å². The Kier molecular flexibility index (Phi) is 5.36. The number of halogens is 1. The molecule has 1 spiro atoms. The van der Waals surface area contributed by atoms with E-state index in [9.17, 15) is 14.0 Å². The summed E-state index contributed by atoms with van der Waals surface area (Å²) in [5, 5.41) is 0. The largest absolute Gasteiger partial charge is 0.394 e. The van der Waals surface area contributed by atoms with Gasteiger partial charge in [0.2, 0.25) is 0 Å². The smallest absolute Gasteiger partial charge is 0.389 e. The lowest BCUT2D eigenvalue weighted by Gasteiger charge is -2.39. The van der Waals surface area contributed by atoms with Gasteiger partial charge in [-0.05, 0) is 52.8 Å². The van der Waals surface area contributed by atoms with E-state index in [0.717, 1.165) is 36.1 Å². The summed E-state index contributed by atoms with van der Waals surface area (Å²) in [6.45, 7) is 1.74. The molecule has 32 heavy (non-hydrogen) atoms. The number of rotatable bonds is 4. The van der Waals surface area contributed by atoms with Gasteiger partial charge in [-0.1, -0.05) is 36.4 Å². The summed E-state index contributed by atoms with van der Waals surface area (Å²) in [5.74, 6) is -3.30. The summed E-state index contributed by atoms with van der Waals surface area (Å²) in [6.07, 6.45) is 5.85. The minimum Gasteiger partial charge on any atom is -0.394 e. The van der Waals surface area contributed by atoms with Crippen LogP contribution < -0.4 is 0 Å². The topological polar surface area (TPSA) is 65.1 Å². The number of nitrogens with zero attached hydrogens (tertiary/aromatic N) is 1. The Morgan fingerprint density at radius 3 is 2.53 bits per heavy atom. The van der Waals surface area contributed by atoms with Gasteiger partial charge in [-0.15, -0.1) is 0 Å². The summed E-state index contributed by atoms with van der Waals surface area (Å²) in [5.41, 5.74) is 5.51. The fourth-order valence-electron chi connectivity index (χ4n) is 4.46. The molecule has 2 aromatic rings. The Morgan fingerprint density at radius 2 is 1.75 bits per heavy atom. The highest BCUT2D eigenvalue weighted by molar-refractivity contribution is 5.93. The maximum atomic E-state index is 13.7. The summed E-state index contributed by atoms with van der Waals surface area (Å²) in [4.78, 5) is 25.7. The van der Waals surface area contributed by atoms with Crippen molar-refractivity contribution in [1.29, 1.82) is 0 Å². The minimum absolute atomic E-state index is 0.148. The molecular weight excluding hydrogens is 413 g/mol. The molecule has 6 nitrogen and oxygen atoms in total. The second kappa shape index (κ2) is 8.33. The van der Waals surface area contributed by atoms with Gasteiger partial charge in [-0.25, -0.2) is 14.0 Å². The van der Waals surface area contributed by atoms with Crippen LogP contribution in [-0.2, 0) is 30.2 Å². The number of carbonyl (C=O) groups excluding carboxylic acids is 2. The third-order valence-electron chi connectivity index (χ3n) is 5.92. The quantitative estimate of drug-likeness (QED) is 0.686. The van der Waals surface area contributed by atoms with Crippen LogP contribution in [0.4, 0.5) is 4.39 Å². The van der Waals surface area contributed by atoms with Gasteiger partial charge in [0.25, 0.3) is 0 Å². The summed E-state index contributed by atoms with van der Waals surface area (Å²) < 4.78 is 29.8. The molecule has 0 N–H and O–H groups in total. The van der Waals surface area contributed by atoms with E-state index < -0.39 is 17.9 Å². The van der Waals surface area contributed by atoms with Crippen LogP contribution in [0.5, 0.6) is 0 Å². The molecule has 1 fully saturated rings. The third-order valence-corrected chi connectivity index (χ3v) is 5.92. The fourth-order valence-corrected chi connectivity index (χ4v) is 4.46. The van der Waals surface area contributed by atoms with Crippen molar-refractivity contribution in [3.8, 4) is 11.1 Å². The van der Waals surface area contributed by atoms with Crippen LogP contribution in [0.25, 0.3) is 16.7 Å². The zero-order chi connectivity index (χ0) is 22.1. The van der Waals surface area contributed by atoms with Gasteiger partial charge in [0.1, 0.15) is 12.4 Å². The highest BCUT2D eigenvalue weighted by Gasteiger charge is 2.45. The normalized spacial score (nSPS) is 19.8. The molecule has 2 aliphatic heterocycles. The molecule has 3 aliphatic rings. The van der Waals surface area contributed by atoms with Gasteiger partial charge in [-0.3, -0.25) is 4.90 Å². The number of allylic oxidation sites excluding steroid dienone is 1. The number of ether oxygens (including phenoxy) is 3. The van der Waals surface area contributed by atoms with E-state index in [0.29, 0.717) is 13.1 Å². The molecule has 1 aliphatic carbocycles. The van der Waals surface area contributed by atoms with E-state index in [1.807, 2.05) is 18.2 Å². The molecule has 0 atom stereocenters. The Bertz CT molecular complexity index is 1120. The first kappa shape index (κ1) is 20.6. The van der Waals surface area contributed by atoms with Gasteiger partial charge < -0.3 is 14.2 Å². The molecule has 0 radical (unpaired) electrons. The molecule has 2 heterocycles. The maximum absolute atomic E-state index is 13.7. The Balaban J connectivity index is 1.29. The molecule has 0 amide bonds. The standard InChI is InChI=1S/C25H22FNO5/c26-19-4-1-3-18(15-19)21-6-2-5-20-17(7-8-22(20)21)11-12-27-13-14-30-25(16-27)31-23(28)9-10-24(29)32-25/h1-7,9-10,15H,8,11-14,16H2. The van der Waals surface area contributed by atoms with Crippen molar-refractivity contribution in [2.75, 3.05) is 26.2 Å². The van der Waals surface area contributed by atoms with Gasteiger partial charge >= 0.3 is 17.9 Å². The molecule has 2 aromatic carbocycles. The van der Waals surface area contributed by atoms with Crippen molar-refractivity contribution in [2.24, 2.45) is 0 Å². The average Bonchev–Trinajstić information content (AvgIpc) is 3.13. The van der Waals surface area contributed by atoms with Crippen LogP contribution in [0.15, 0.2) is 60.7 Å². The predicted octanol–water partition coefficient (Wildman–Crippen LogP) is 3.46. The zero-order valence-electron chi connectivity index (χ0n) is 17.4. The average molecular weight is 435 g/mol. The van der Waals surface area contributed by atoms with Gasteiger partial charge in [0.05, 0.1) is 6.61 Å². The van der Waals surface area contributed by atoms with Gasteiger partial charge in [0, 0.05) is 25.2 Å². The molecule has 0 bridgehead atoms. The first-order valence-electron chi connectivity index (χ1n) is 10.6. The number of hydrogen-bond acceptors (Lipinski definition) is 6. The molecule has 164 valence electrons. The molecule has 5 rings (SSSR count). The predicted molar refractivity (Wildman–Crippen MR) is 115 cm³/mol. The number of fused-ring (bicyclic) bond motifs is 1. The van der Waals surface area contributed by atoms with Crippen LogP contribution in [0.3, 0.4) is 0 Å². The molecular formula is C25H22FNO5. The van der Waals surface area contributed by atoms with E-state index in [4.69, 9.17) is 14.2 Å². The molecule has 7 heteroatoms. The highest BCUT2D eigenvalue weighted by atomic mass is 19.1. The minimum atomic E-state index is -1.71. The number of carbonyl (C=O) groups is 2. The van der Waals surface area contributed by atoms with E-state index in [1.54, 1.807) is 12.1 Å². The summed E-state index contributed by atoms with van der Waals surface area (Å²) in [7, 11) is 0. The van der Waals surface area contributed by atoms with Crippen LogP contribution in [-0.4, -0.2) is 49.1 Å². The van der Waals surface area contributed by atoms with Crippen LogP contribution in [0.1, 0.15) is 17.5 Å². The van der Waals surface area contributed by atoms with Gasteiger partial charge in [0.15, 0.2) is 0 Å². The number of hydrogen-bond donors (Lipinski definition) is 0. The molecule has 0 unspecified atom stereocenters. The van der Waals surface area contributed by atoms with Gasteiger partial charge in [-0.2, -0.15) is 0 Å². The molecule has 0 saturated carbocycles. The van der Waals surface area contributed by atoms with E-state index >= 15 is 0 Å². The van der Waals surface area contributed by atoms with Crippen LogP contribution in [0, 0.1) is 5.82 Å². The summed E-state index contributed by atoms with van der Waals surface area (Å²) >= 11 is 0. The molecule has 0 aromatic heterocycles. The number of esters is 2. The summed E-state index contributed by atoms with van der Waals surface area (Å²) in [6, 6.07) is 12.8. The van der Waals surface area contributed by atoms with Crippen molar-refractivity contribution in [1.82, 2.24) is 4.90 Å². The van der Waals surface area contributed by atoms with Crippen molar-refractivity contribution >= 4 is 17.5 Å². The van der Waals surface area contributed by atoms with E-state index in [2.05, 4.69) is 17.0 Å². The fraction of sp³-hybridized carbons (Fsp3) is 0.280. The van der Waals surface area contributed by atoms with Crippen molar-refractivity contribution < 1.29 is 28.2 Å². The van der Waals surface area contributed by atoms with Crippen molar-refractivity contribution in [3.05, 3.63) is 77.6 Å². The van der Waals surface area contributed by atoms with Crippen molar-refractivity contribution in [2.45, 2.75) is 18.8 Å². The lowest BCUT2D eigenvalue weighted by Crippen LogP contribution is -2.56. The number of benzene rings is 2. The van der Waals surface area contributed by atoms with E-state index in [1.165, 1.54) is 22.8 Å². The second-order valence-corrected chi connectivity index (χ2v) is 8.01. The zero-order valence-corrected chi connectivity index (χ0v) is 17.4. The maximum Gasteiger partial charge on any atom is 0.389 e. The third kappa shape index (κ3) is 4.09. The first-order chi connectivity index (χ1) is 15.5. The SMILES string of the molecule is O=C1C=CC(=O)OC2(CN(CCC3=CCc4c3cccc4-c3cccc(F)c3)CCO2)O1. The monoisotopic (exact) mass is 435 g/mol. The number of morpholine rings is 1. The van der Waals surface area contributed by atoms with Crippen molar-refractivity contribution in [3.63, 3.8) is 0 Å². The van der Waals surface area contributed by atoms with E-state index in [-0.39, 0.29) is 19.0 Å². The first-order valence-corrected chi connectivity index (χ1v) is 10.6.